The van der Waals surface area contributed by atoms with Crippen LogP contribution in [0.2, 0.25) is 0 Å². The van der Waals surface area contributed by atoms with E-state index in [0.717, 1.165) is 33.2 Å². The normalized spacial score (nSPS) is 12.0. The number of hydrogen-bond acceptors (Lipinski definition) is 6. The summed E-state index contributed by atoms with van der Waals surface area (Å²) in [6, 6.07) is 10.8. The van der Waals surface area contributed by atoms with Gasteiger partial charge in [-0.05, 0) is 70.5 Å². The molecule has 9 heteroatoms. The maximum Gasteiger partial charge on any atom is 0.416 e. The standard InChI is InChI=1S/C25H26F3NO3S2/c1-6-31-23(30)24(4,5)32-20-12-11-19(13-15(20)2)33-14-21-16(3)29-22(34-21)17-7-9-18(10-8-17)25(26,27)28/h7-13H,6,14H2,1-5H3. The smallest absolute Gasteiger partial charge is 0.416 e. The highest BCUT2D eigenvalue weighted by molar-refractivity contribution is 7.98. The SMILES string of the molecule is CCOC(=O)C(C)(C)Oc1ccc(SCc2sc(-c3ccc(C(F)(F)F)cc3)nc2C)cc1C. The Balaban J connectivity index is 1.67. The fourth-order valence-electron chi connectivity index (χ4n) is 3.08. The number of carbonyl (C=O) groups is 1. The summed E-state index contributed by atoms with van der Waals surface area (Å²) in [5.41, 5.74) is 0.658. The number of benzene rings is 2. The maximum absolute atomic E-state index is 12.8. The second-order valence-electron chi connectivity index (χ2n) is 8.15. The van der Waals surface area contributed by atoms with Gasteiger partial charge in [0, 0.05) is 21.1 Å². The number of aryl methyl sites for hydroxylation is 2. The van der Waals surface area contributed by atoms with E-state index in [1.807, 2.05) is 32.0 Å². The van der Waals surface area contributed by atoms with Crippen LogP contribution in [-0.4, -0.2) is 23.2 Å². The molecule has 3 aromatic rings. The van der Waals surface area contributed by atoms with Crippen LogP contribution >= 0.6 is 23.1 Å². The Morgan fingerprint density at radius 3 is 2.35 bits per heavy atom. The van der Waals surface area contributed by atoms with E-state index in [2.05, 4.69) is 4.98 Å². The fourth-order valence-corrected chi connectivity index (χ4v) is 5.29. The molecule has 34 heavy (non-hydrogen) atoms. The van der Waals surface area contributed by atoms with Gasteiger partial charge in [0.1, 0.15) is 10.8 Å². The van der Waals surface area contributed by atoms with Crippen LogP contribution in [-0.2, 0) is 21.5 Å². The number of thioether (sulfide) groups is 1. The van der Waals surface area contributed by atoms with E-state index < -0.39 is 23.3 Å². The lowest BCUT2D eigenvalue weighted by molar-refractivity contribution is -0.158. The second kappa shape index (κ2) is 10.4. The highest BCUT2D eigenvalue weighted by Gasteiger charge is 2.32. The van der Waals surface area contributed by atoms with E-state index in [9.17, 15) is 18.0 Å². The van der Waals surface area contributed by atoms with Gasteiger partial charge in [0.05, 0.1) is 17.9 Å². The highest BCUT2D eigenvalue weighted by Crippen LogP contribution is 2.36. The lowest BCUT2D eigenvalue weighted by atomic mass is 10.1. The van der Waals surface area contributed by atoms with Gasteiger partial charge in [-0.25, -0.2) is 9.78 Å². The van der Waals surface area contributed by atoms with E-state index in [1.54, 1.807) is 32.5 Å². The summed E-state index contributed by atoms with van der Waals surface area (Å²) in [4.78, 5) is 18.7. The summed E-state index contributed by atoms with van der Waals surface area (Å²) in [5.74, 6) is 0.872. The lowest BCUT2D eigenvalue weighted by Gasteiger charge is -2.25. The number of alkyl halides is 3. The first-order valence-corrected chi connectivity index (χ1v) is 12.4. The van der Waals surface area contributed by atoms with Crippen LogP contribution in [0.25, 0.3) is 10.6 Å². The molecule has 0 atom stereocenters. The molecule has 0 saturated carbocycles. The van der Waals surface area contributed by atoms with Crippen LogP contribution in [0.15, 0.2) is 47.4 Å². The van der Waals surface area contributed by atoms with Crippen molar-refractivity contribution in [2.24, 2.45) is 0 Å². The Kier molecular flexibility index (Phi) is 7.98. The molecule has 0 amide bonds. The minimum atomic E-state index is -4.35. The number of halogens is 3. The van der Waals surface area contributed by atoms with E-state index in [1.165, 1.54) is 23.5 Å². The zero-order valence-electron chi connectivity index (χ0n) is 19.6. The van der Waals surface area contributed by atoms with Gasteiger partial charge < -0.3 is 9.47 Å². The van der Waals surface area contributed by atoms with Gasteiger partial charge in [-0.3, -0.25) is 0 Å². The Bertz CT molecular complexity index is 1160. The van der Waals surface area contributed by atoms with Crippen LogP contribution < -0.4 is 4.74 Å². The molecule has 3 rings (SSSR count). The molecule has 0 radical (unpaired) electrons. The second-order valence-corrected chi connectivity index (χ2v) is 10.3. The average molecular weight is 510 g/mol. The molecule has 0 saturated heterocycles. The van der Waals surface area contributed by atoms with Crippen LogP contribution in [0, 0.1) is 13.8 Å². The lowest BCUT2D eigenvalue weighted by Crippen LogP contribution is -2.39. The number of nitrogens with zero attached hydrogens (tertiary/aromatic N) is 1. The first kappa shape index (κ1) is 26.1. The first-order valence-electron chi connectivity index (χ1n) is 10.6. The summed E-state index contributed by atoms with van der Waals surface area (Å²) < 4.78 is 49.4. The molecule has 0 aliphatic rings. The number of aromatic nitrogens is 1. The summed E-state index contributed by atoms with van der Waals surface area (Å²) >= 11 is 3.11. The van der Waals surface area contributed by atoms with Crippen molar-refractivity contribution in [3.05, 3.63) is 64.2 Å². The topological polar surface area (TPSA) is 48.4 Å². The number of hydrogen-bond donors (Lipinski definition) is 0. The third kappa shape index (κ3) is 6.33. The zero-order chi connectivity index (χ0) is 25.1. The van der Waals surface area contributed by atoms with E-state index in [-0.39, 0.29) is 6.61 Å². The van der Waals surface area contributed by atoms with Gasteiger partial charge in [0.2, 0.25) is 0 Å². The molecule has 0 fully saturated rings. The van der Waals surface area contributed by atoms with Crippen molar-refractivity contribution in [3.63, 3.8) is 0 Å². The molecule has 2 aromatic carbocycles. The molecular formula is C25H26F3NO3S2. The van der Waals surface area contributed by atoms with Crippen LogP contribution in [0.3, 0.4) is 0 Å². The van der Waals surface area contributed by atoms with E-state index >= 15 is 0 Å². The highest BCUT2D eigenvalue weighted by atomic mass is 32.2. The molecular weight excluding hydrogens is 483 g/mol. The Morgan fingerprint density at radius 1 is 1.09 bits per heavy atom. The van der Waals surface area contributed by atoms with Crippen molar-refractivity contribution < 1.29 is 27.4 Å². The minimum absolute atomic E-state index is 0.289. The summed E-state index contributed by atoms with van der Waals surface area (Å²) in [6.45, 7) is 9.21. The largest absolute Gasteiger partial charge is 0.476 e. The molecule has 1 heterocycles. The number of carbonyl (C=O) groups excluding carboxylic acids is 1. The van der Waals surface area contributed by atoms with Crippen LogP contribution in [0.5, 0.6) is 5.75 Å². The number of ether oxygens (including phenoxy) is 2. The number of esters is 1. The molecule has 0 aliphatic heterocycles. The monoisotopic (exact) mass is 509 g/mol. The van der Waals surface area contributed by atoms with Crippen molar-refractivity contribution in [2.45, 2.75) is 57.0 Å². The summed E-state index contributed by atoms with van der Waals surface area (Å²) in [7, 11) is 0. The predicted octanol–water partition coefficient (Wildman–Crippen LogP) is 7.46. The minimum Gasteiger partial charge on any atom is -0.476 e. The van der Waals surface area contributed by atoms with Gasteiger partial charge in [-0.15, -0.1) is 23.1 Å². The Labute approximate surface area is 205 Å². The quantitative estimate of drug-likeness (QED) is 0.233. The molecule has 0 unspecified atom stereocenters. The molecule has 0 spiro atoms. The van der Waals surface area contributed by atoms with Crippen LogP contribution in [0.4, 0.5) is 13.2 Å². The van der Waals surface area contributed by atoms with Crippen molar-refractivity contribution >= 4 is 29.1 Å². The van der Waals surface area contributed by atoms with Gasteiger partial charge >= 0.3 is 12.1 Å². The van der Waals surface area contributed by atoms with E-state index in [0.29, 0.717) is 22.1 Å². The summed E-state index contributed by atoms with van der Waals surface area (Å²) in [5, 5.41) is 0.697. The Hall–Kier alpha value is -2.52. The third-order valence-corrected chi connectivity index (χ3v) is 7.41. The number of rotatable bonds is 8. The van der Waals surface area contributed by atoms with Gasteiger partial charge in [-0.2, -0.15) is 13.2 Å². The van der Waals surface area contributed by atoms with Gasteiger partial charge in [0.25, 0.3) is 0 Å². The maximum atomic E-state index is 12.8. The zero-order valence-corrected chi connectivity index (χ0v) is 21.2. The molecule has 0 aliphatic carbocycles. The van der Waals surface area contributed by atoms with Crippen LogP contribution in [0.1, 0.15) is 42.5 Å². The van der Waals surface area contributed by atoms with Gasteiger partial charge in [-0.1, -0.05) is 12.1 Å². The van der Waals surface area contributed by atoms with Crippen molar-refractivity contribution in [3.8, 4) is 16.3 Å². The van der Waals surface area contributed by atoms with Crippen molar-refractivity contribution in [1.29, 1.82) is 0 Å². The number of thiazole rings is 1. The van der Waals surface area contributed by atoms with Gasteiger partial charge in [0.15, 0.2) is 5.60 Å². The summed E-state index contributed by atoms with van der Waals surface area (Å²) in [6.07, 6.45) is -4.35. The molecule has 0 N–H and O–H groups in total. The van der Waals surface area contributed by atoms with Crippen molar-refractivity contribution in [1.82, 2.24) is 4.98 Å². The average Bonchev–Trinajstić information content (AvgIpc) is 3.14. The molecule has 4 nitrogen and oxygen atoms in total. The fraction of sp³-hybridized carbons (Fsp3) is 0.360. The predicted molar refractivity (Wildman–Crippen MR) is 129 cm³/mol. The Morgan fingerprint density at radius 2 is 1.76 bits per heavy atom. The van der Waals surface area contributed by atoms with E-state index in [4.69, 9.17) is 9.47 Å². The molecule has 1 aromatic heterocycles. The molecule has 182 valence electrons. The first-order chi connectivity index (χ1) is 15.9. The van der Waals surface area contributed by atoms with Crippen molar-refractivity contribution in [2.75, 3.05) is 6.61 Å². The molecule has 0 bridgehead atoms. The third-order valence-electron chi connectivity index (χ3n) is 5.00.